The Balaban J connectivity index is 1.28. The Morgan fingerprint density at radius 2 is 1.96 bits per heavy atom. The van der Waals surface area contributed by atoms with Crippen LogP contribution in [0, 0.1) is 29.1 Å². The van der Waals surface area contributed by atoms with Crippen molar-refractivity contribution in [3.05, 3.63) is 35.9 Å². The van der Waals surface area contributed by atoms with E-state index in [1.807, 2.05) is 6.07 Å². The molecule has 1 N–H and O–H groups in total. The number of amides is 1. The van der Waals surface area contributed by atoms with E-state index < -0.39 is 5.54 Å². The van der Waals surface area contributed by atoms with E-state index in [1.165, 1.54) is 31.2 Å². The van der Waals surface area contributed by atoms with Gasteiger partial charge in [0.1, 0.15) is 5.54 Å². The average molecular weight is 351 g/mol. The van der Waals surface area contributed by atoms with Crippen molar-refractivity contribution in [1.82, 2.24) is 10.2 Å². The van der Waals surface area contributed by atoms with Gasteiger partial charge >= 0.3 is 0 Å². The molecular formula is C22H29N3O. The van der Waals surface area contributed by atoms with E-state index in [0.717, 1.165) is 44.3 Å². The summed E-state index contributed by atoms with van der Waals surface area (Å²) in [4.78, 5) is 15.0. The summed E-state index contributed by atoms with van der Waals surface area (Å²) in [6, 6.07) is 12.9. The van der Waals surface area contributed by atoms with Crippen molar-refractivity contribution in [2.75, 3.05) is 13.1 Å². The summed E-state index contributed by atoms with van der Waals surface area (Å²) in [5, 5.41) is 12.9. The molecule has 0 spiro atoms. The topological polar surface area (TPSA) is 56.1 Å². The number of hydrogen-bond donors (Lipinski definition) is 1. The average Bonchev–Trinajstić information content (AvgIpc) is 3.27. The highest BCUT2D eigenvalue weighted by Gasteiger charge is 2.42. The number of benzene rings is 1. The zero-order valence-electron chi connectivity index (χ0n) is 15.5. The first kappa shape index (κ1) is 17.5. The molecule has 3 aliphatic rings. The summed E-state index contributed by atoms with van der Waals surface area (Å²) in [5.74, 6) is 2.28. The molecule has 0 aromatic heterocycles. The number of carbonyl (C=O) groups excluding carboxylic acids is 1. The molecule has 138 valence electrons. The second-order valence-corrected chi connectivity index (χ2v) is 8.64. The molecule has 3 unspecified atom stereocenters. The molecule has 2 saturated carbocycles. The molecule has 1 saturated heterocycles. The van der Waals surface area contributed by atoms with Gasteiger partial charge in [-0.3, -0.25) is 9.69 Å². The van der Waals surface area contributed by atoms with Gasteiger partial charge in [0.05, 0.1) is 6.07 Å². The predicted molar refractivity (Wildman–Crippen MR) is 101 cm³/mol. The van der Waals surface area contributed by atoms with Crippen molar-refractivity contribution >= 4 is 5.91 Å². The zero-order valence-corrected chi connectivity index (χ0v) is 15.5. The van der Waals surface area contributed by atoms with E-state index in [1.54, 1.807) is 0 Å². The highest BCUT2D eigenvalue weighted by molar-refractivity contribution is 5.77. The third-order valence-corrected chi connectivity index (χ3v) is 6.88. The van der Waals surface area contributed by atoms with Gasteiger partial charge in [-0.05, 0) is 55.4 Å². The Kier molecular flexibility index (Phi) is 5.00. The second kappa shape index (κ2) is 7.40. The number of rotatable bonds is 5. The molecule has 2 aliphatic carbocycles. The summed E-state index contributed by atoms with van der Waals surface area (Å²) in [6.45, 7) is 2.63. The van der Waals surface area contributed by atoms with Crippen LogP contribution in [0.5, 0.6) is 0 Å². The van der Waals surface area contributed by atoms with Gasteiger partial charge in [0, 0.05) is 26.1 Å². The number of nitrogens with zero attached hydrogens (tertiary/aromatic N) is 2. The van der Waals surface area contributed by atoms with Crippen molar-refractivity contribution < 1.29 is 4.79 Å². The lowest BCUT2D eigenvalue weighted by molar-refractivity contribution is -0.124. The Labute approximate surface area is 156 Å². The van der Waals surface area contributed by atoms with E-state index in [0.29, 0.717) is 12.3 Å². The van der Waals surface area contributed by atoms with E-state index >= 15 is 0 Å². The first-order chi connectivity index (χ1) is 12.7. The van der Waals surface area contributed by atoms with Gasteiger partial charge in [-0.15, -0.1) is 0 Å². The van der Waals surface area contributed by atoms with E-state index in [-0.39, 0.29) is 5.91 Å². The Hall–Kier alpha value is -1.86. The second-order valence-electron chi connectivity index (χ2n) is 8.64. The van der Waals surface area contributed by atoms with Crippen LogP contribution < -0.4 is 5.32 Å². The zero-order chi connectivity index (χ0) is 18.0. The van der Waals surface area contributed by atoms with Crippen LogP contribution in [-0.2, 0) is 11.3 Å². The monoisotopic (exact) mass is 351 g/mol. The molecule has 2 bridgehead atoms. The van der Waals surface area contributed by atoms with Crippen LogP contribution >= 0.6 is 0 Å². The van der Waals surface area contributed by atoms with Crippen molar-refractivity contribution in [2.24, 2.45) is 17.8 Å². The lowest BCUT2D eigenvalue weighted by Crippen LogP contribution is -2.54. The number of nitriles is 1. The summed E-state index contributed by atoms with van der Waals surface area (Å²) >= 11 is 0. The first-order valence-electron chi connectivity index (χ1n) is 10.1. The molecule has 3 atom stereocenters. The van der Waals surface area contributed by atoms with E-state index in [9.17, 15) is 10.1 Å². The van der Waals surface area contributed by atoms with Crippen molar-refractivity contribution in [3.8, 4) is 6.07 Å². The number of likely N-dealkylation sites (tertiary alicyclic amines) is 1. The van der Waals surface area contributed by atoms with Gasteiger partial charge < -0.3 is 5.32 Å². The maximum atomic E-state index is 12.6. The van der Waals surface area contributed by atoms with Crippen LogP contribution in [0.1, 0.15) is 50.5 Å². The molecule has 1 amide bonds. The molecule has 26 heavy (non-hydrogen) atoms. The Bertz CT molecular complexity index is 672. The number of nitrogens with one attached hydrogen (secondary N) is 1. The van der Waals surface area contributed by atoms with Crippen molar-refractivity contribution in [1.29, 1.82) is 5.26 Å². The Morgan fingerprint density at radius 3 is 2.58 bits per heavy atom. The largest absolute Gasteiger partial charge is 0.338 e. The highest BCUT2D eigenvalue weighted by Crippen LogP contribution is 2.49. The molecule has 1 heterocycles. The van der Waals surface area contributed by atoms with E-state index in [4.69, 9.17) is 0 Å². The van der Waals surface area contributed by atoms with Gasteiger partial charge in [0.2, 0.25) is 5.91 Å². The number of fused-ring (bicyclic) bond motifs is 2. The van der Waals surface area contributed by atoms with Crippen molar-refractivity contribution in [2.45, 2.75) is 57.0 Å². The molecule has 0 radical (unpaired) electrons. The summed E-state index contributed by atoms with van der Waals surface area (Å²) in [6.07, 6.45) is 7.29. The number of piperidine rings is 1. The van der Waals surface area contributed by atoms with Gasteiger partial charge in [0.25, 0.3) is 0 Å². The fraction of sp³-hybridized carbons (Fsp3) is 0.636. The van der Waals surface area contributed by atoms with E-state index in [2.05, 4.69) is 40.6 Å². The summed E-state index contributed by atoms with van der Waals surface area (Å²) in [7, 11) is 0. The summed E-state index contributed by atoms with van der Waals surface area (Å²) in [5.41, 5.74) is 0.638. The maximum absolute atomic E-state index is 12.6. The minimum absolute atomic E-state index is 0.0978. The van der Waals surface area contributed by atoms with Gasteiger partial charge in [-0.1, -0.05) is 36.8 Å². The molecule has 4 rings (SSSR count). The van der Waals surface area contributed by atoms with Crippen LogP contribution in [-0.4, -0.2) is 29.4 Å². The van der Waals surface area contributed by atoms with Crippen LogP contribution in [0.4, 0.5) is 0 Å². The predicted octanol–water partition coefficient (Wildman–Crippen LogP) is 3.49. The third-order valence-electron chi connectivity index (χ3n) is 6.88. The number of hydrogen-bond acceptors (Lipinski definition) is 3. The van der Waals surface area contributed by atoms with Crippen LogP contribution in [0.25, 0.3) is 0 Å². The standard InChI is InChI=1S/C22H29N3O/c23-16-22(24-21(26)14-20-13-18-6-7-19(20)12-18)8-10-25(11-9-22)15-17-4-2-1-3-5-17/h1-5,18-20H,6-15H2,(H,24,26). The third kappa shape index (κ3) is 3.78. The molecule has 3 fully saturated rings. The van der Waals surface area contributed by atoms with Crippen LogP contribution in [0.3, 0.4) is 0 Å². The van der Waals surface area contributed by atoms with Gasteiger partial charge in [0.15, 0.2) is 0 Å². The van der Waals surface area contributed by atoms with Crippen molar-refractivity contribution in [3.63, 3.8) is 0 Å². The molecule has 1 aliphatic heterocycles. The minimum atomic E-state index is -0.665. The Morgan fingerprint density at radius 1 is 1.19 bits per heavy atom. The smallest absolute Gasteiger partial charge is 0.221 e. The SMILES string of the molecule is N#CC1(NC(=O)CC2CC3CCC2C3)CCN(Cc2ccccc2)CC1. The fourth-order valence-corrected chi connectivity index (χ4v) is 5.38. The quantitative estimate of drug-likeness (QED) is 0.883. The fourth-order valence-electron chi connectivity index (χ4n) is 5.38. The molecule has 1 aromatic rings. The normalized spacial score (nSPS) is 30.0. The molecular weight excluding hydrogens is 322 g/mol. The number of carbonyl (C=O) groups is 1. The highest BCUT2D eigenvalue weighted by atomic mass is 16.1. The van der Waals surface area contributed by atoms with Gasteiger partial charge in [-0.25, -0.2) is 0 Å². The summed E-state index contributed by atoms with van der Waals surface area (Å²) < 4.78 is 0. The molecule has 4 heteroatoms. The lowest BCUT2D eigenvalue weighted by Gasteiger charge is -2.38. The molecule has 1 aromatic carbocycles. The van der Waals surface area contributed by atoms with Crippen LogP contribution in [0.2, 0.25) is 0 Å². The van der Waals surface area contributed by atoms with Crippen LogP contribution in [0.15, 0.2) is 30.3 Å². The minimum Gasteiger partial charge on any atom is -0.338 e. The first-order valence-corrected chi connectivity index (χ1v) is 10.1. The maximum Gasteiger partial charge on any atom is 0.221 e. The van der Waals surface area contributed by atoms with Gasteiger partial charge in [-0.2, -0.15) is 5.26 Å². The lowest BCUT2D eigenvalue weighted by atomic mass is 9.85. The molecule has 4 nitrogen and oxygen atoms in total.